The van der Waals surface area contributed by atoms with E-state index in [2.05, 4.69) is 21.2 Å². The second kappa shape index (κ2) is 11.3. The number of rotatable bonds is 6. The molecular weight excluding hydrogens is 428 g/mol. The molecule has 0 aliphatic heterocycles. The number of esters is 2. The van der Waals surface area contributed by atoms with Gasteiger partial charge in [-0.2, -0.15) is 0 Å². The molecular formula is C14H15BrNO5Rb. The number of halogens is 1. The van der Waals surface area contributed by atoms with Gasteiger partial charge in [0.15, 0.2) is 5.57 Å². The fourth-order valence-corrected chi connectivity index (χ4v) is 1.61. The molecule has 0 aromatic heterocycles. The summed E-state index contributed by atoms with van der Waals surface area (Å²) in [7, 11) is 0. The maximum Gasteiger partial charge on any atom is 1.00 e. The van der Waals surface area contributed by atoms with Crippen molar-refractivity contribution in [3.8, 4) is 5.75 Å². The SMILES string of the molecule is CCOC(=O)C(=CNc1ccc(Br)c([O-])c1)C(=O)OCC.[Rb+]. The minimum Gasteiger partial charge on any atom is -0.872 e. The molecule has 0 amide bonds. The molecule has 22 heavy (non-hydrogen) atoms. The van der Waals surface area contributed by atoms with Crippen molar-refractivity contribution >= 4 is 33.6 Å². The zero-order chi connectivity index (χ0) is 15.8. The van der Waals surface area contributed by atoms with Gasteiger partial charge in [0, 0.05) is 16.4 Å². The van der Waals surface area contributed by atoms with Gasteiger partial charge >= 0.3 is 70.1 Å². The van der Waals surface area contributed by atoms with Crippen LogP contribution in [0.2, 0.25) is 0 Å². The van der Waals surface area contributed by atoms with Crippen LogP contribution in [0.4, 0.5) is 5.69 Å². The van der Waals surface area contributed by atoms with Crippen molar-refractivity contribution in [3.63, 3.8) is 0 Å². The van der Waals surface area contributed by atoms with Crippen molar-refractivity contribution in [1.29, 1.82) is 0 Å². The molecule has 0 saturated heterocycles. The Kier molecular flexibility index (Phi) is 11.2. The van der Waals surface area contributed by atoms with Crippen LogP contribution in [0.3, 0.4) is 0 Å². The zero-order valence-corrected chi connectivity index (χ0v) is 19.1. The molecule has 1 N–H and O–H groups in total. The summed E-state index contributed by atoms with van der Waals surface area (Å²) in [4.78, 5) is 23.4. The van der Waals surface area contributed by atoms with Gasteiger partial charge in [0.25, 0.3) is 0 Å². The van der Waals surface area contributed by atoms with Gasteiger partial charge in [-0.15, -0.1) is 0 Å². The van der Waals surface area contributed by atoms with Crippen molar-refractivity contribution < 1.29 is 82.4 Å². The molecule has 8 heteroatoms. The summed E-state index contributed by atoms with van der Waals surface area (Å²) in [6.07, 6.45) is 1.17. The molecule has 0 atom stereocenters. The van der Waals surface area contributed by atoms with Crippen LogP contribution >= 0.6 is 15.9 Å². The number of benzene rings is 1. The average Bonchev–Trinajstić information content (AvgIpc) is 2.43. The quantitative estimate of drug-likeness (QED) is 0.262. The van der Waals surface area contributed by atoms with Crippen LogP contribution in [0.1, 0.15) is 13.8 Å². The van der Waals surface area contributed by atoms with E-state index in [-0.39, 0.29) is 82.7 Å². The van der Waals surface area contributed by atoms with Gasteiger partial charge in [-0.25, -0.2) is 9.59 Å². The van der Waals surface area contributed by atoms with Crippen LogP contribution in [-0.4, -0.2) is 25.2 Å². The molecule has 1 aromatic carbocycles. The number of carbonyl (C=O) groups is 2. The Bertz CT molecular complexity index is 542. The summed E-state index contributed by atoms with van der Waals surface area (Å²) in [5.41, 5.74) is 0.170. The molecule has 0 radical (unpaired) electrons. The van der Waals surface area contributed by atoms with Gasteiger partial charge in [-0.05, 0) is 32.0 Å². The van der Waals surface area contributed by atoms with Gasteiger partial charge in [0.05, 0.1) is 13.2 Å². The molecule has 0 heterocycles. The Hall–Kier alpha value is -0.215. The molecule has 114 valence electrons. The van der Waals surface area contributed by atoms with Crippen molar-refractivity contribution in [3.05, 3.63) is 34.4 Å². The smallest absolute Gasteiger partial charge is 0.872 e. The minimum atomic E-state index is -0.789. The number of nitrogens with one attached hydrogen (secondary N) is 1. The fourth-order valence-electron chi connectivity index (χ4n) is 1.37. The molecule has 0 bridgehead atoms. The van der Waals surface area contributed by atoms with Crippen molar-refractivity contribution in [2.24, 2.45) is 0 Å². The van der Waals surface area contributed by atoms with Crippen molar-refractivity contribution in [2.75, 3.05) is 18.5 Å². The fraction of sp³-hybridized carbons (Fsp3) is 0.286. The van der Waals surface area contributed by atoms with Gasteiger partial charge < -0.3 is 19.9 Å². The van der Waals surface area contributed by atoms with E-state index in [0.717, 1.165) is 0 Å². The maximum absolute atomic E-state index is 11.7. The largest absolute Gasteiger partial charge is 1.00 e. The van der Waals surface area contributed by atoms with E-state index in [0.29, 0.717) is 10.2 Å². The van der Waals surface area contributed by atoms with E-state index in [1.807, 2.05) is 0 Å². The van der Waals surface area contributed by atoms with Crippen LogP contribution in [0, 0.1) is 0 Å². The topological polar surface area (TPSA) is 87.7 Å². The Labute approximate surface area is 186 Å². The van der Waals surface area contributed by atoms with Crippen LogP contribution in [0.15, 0.2) is 34.4 Å². The Morgan fingerprint density at radius 1 is 1.23 bits per heavy atom. The zero-order valence-electron chi connectivity index (χ0n) is 12.6. The number of anilines is 1. The Balaban J connectivity index is 0.00000441. The van der Waals surface area contributed by atoms with Crippen molar-refractivity contribution in [1.82, 2.24) is 0 Å². The summed E-state index contributed by atoms with van der Waals surface area (Å²) >= 11 is 3.09. The van der Waals surface area contributed by atoms with E-state index >= 15 is 0 Å². The number of hydrogen-bond donors (Lipinski definition) is 1. The predicted molar refractivity (Wildman–Crippen MR) is 78.6 cm³/mol. The first-order valence-corrected chi connectivity index (χ1v) is 7.06. The molecule has 1 rings (SSSR count). The molecule has 1 aromatic rings. The number of carbonyl (C=O) groups excluding carboxylic acids is 2. The van der Waals surface area contributed by atoms with E-state index in [4.69, 9.17) is 9.47 Å². The molecule has 6 nitrogen and oxygen atoms in total. The maximum atomic E-state index is 11.7. The Morgan fingerprint density at radius 2 is 1.77 bits per heavy atom. The molecule has 0 unspecified atom stereocenters. The van der Waals surface area contributed by atoms with E-state index in [1.165, 1.54) is 12.3 Å². The average molecular weight is 443 g/mol. The second-order valence-corrected chi connectivity index (χ2v) is 4.64. The third-order valence-electron chi connectivity index (χ3n) is 2.31. The predicted octanol–water partition coefficient (Wildman–Crippen LogP) is -1.05. The first kappa shape index (κ1) is 21.8. The summed E-state index contributed by atoms with van der Waals surface area (Å²) in [6.45, 7) is 3.54. The van der Waals surface area contributed by atoms with E-state index in [1.54, 1.807) is 26.0 Å². The van der Waals surface area contributed by atoms with Gasteiger partial charge in [-0.1, -0.05) is 21.7 Å². The van der Waals surface area contributed by atoms with Crippen LogP contribution in [0.5, 0.6) is 5.75 Å². The normalized spacial score (nSPS) is 9.23. The van der Waals surface area contributed by atoms with Gasteiger partial charge in [-0.3, -0.25) is 0 Å². The van der Waals surface area contributed by atoms with Crippen LogP contribution < -0.4 is 68.6 Å². The molecule has 0 aliphatic carbocycles. The summed E-state index contributed by atoms with van der Waals surface area (Å²) < 4.78 is 10.00. The van der Waals surface area contributed by atoms with E-state index < -0.39 is 11.9 Å². The summed E-state index contributed by atoms with van der Waals surface area (Å²) in [5, 5.41) is 14.2. The van der Waals surface area contributed by atoms with Crippen LogP contribution in [0.25, 0.3) is 0 Å². The molecule has 0 fully saturated rings. The van der Waals surface area contributed by atoms with Gasteiger partial charge in [0.2, 0.25) is 0 Å². The molecule has 0 spiro atoms. The Morgan fingerprint density at radius 3 is 2.23 bits per heavy atom. The summed E-state index contributed by atoms with van der Waals surface area (Å²) in [6, 6.07) is 4.51. The molecule has 0 saturated carbocycles. The third kappa shape index (κ3) is 6.91. The number of ether oxygens (including phenoxy) is 2. The molecule has 0 aliphatic rings. The van der Waals surface area contributed by atoms with Gasteiger partial charge in [0.1, 0.15) is 0 Å². The first-order valence-electron chi connectivity index (χ1n) is 6.27. The van der Waals surface area contributed by atoms with Crippen molar-refractivity contribution in [2.45, 2.75) is 13.8 Å². The summed E-state index contributed by atoms with van der Waals surface area (Å²) in [5.74, 6) is -1.80. The minimum absolute atomic E-state index is 0. The number of hydrogen-bond acceptors (Lipinski definition) is 6. The van der Waals surface area contributed by atoms with E-state index in [9.17, 15) is 14.7 Å². The first-order chi connectivity index (χ1) is 9.99. The third-order valence-corrected chi connectivity index (χ3v) is 2.96. The monoisotopic (exact) mass is 441 g/mol. The standard InChI is InChI=1S/C14H16BrNO5.Rb/c1-3-20-13(18)10(14(19)21-4-2)8-16-9-5-6-11(15)12(17)7-9;/h5-8,16-17H,3-4H2,1-2H3;/q;+1/p-1. The van der Waals surface area contributed by atoms with Crippen LogP contribution in [-0.2, 0) is 19.1 Å². The second-order valence-electron chi connectivity index (χ2n) is 3.79.